The molecule has 0 aromatic carbocycles. The van der Waals surface area contributed by atoms with Crippen LogP contribution in [0.15, 0.2) is 9.64 Å². The number of carbonyl (C=O) groups excluding carboxylic acids is 1. The van der Waals surface area contributed by atoms with Crippen LogP contribution in [0.2, 0.25) is 0 Å². The molecule has 146 valence electrons. The molecule has 0 spiro atoms. The predicted octanol–water partition coefficient (Wildman–Crippen LogP) is 2.08. The summed E-state index contributed by atoms with van der Waals surface area (Å²) in [5, 5.41) is 9.33. The molecule has 2 aromatic rings. The lowest BCUT2D eigenvalue weighted by atomic mass is 10.2. The molecule has 0 bridgehead atoms. The third-order valence-corrected chi connectivity index (χ3v) is 8.27. The molecule has 2 aromatic heterocycles. The maximum atomic E-state index is 12.7. The van der Waals surface area contributed by atoms with Crippen molar-refractivity contribution in [3.8, 4) is 10.8 Å². The highest BCUT2D eigenvalue weighted by atomic mass is 32.2. The van der Waals surface area contributed by atoms with Crippen LogP contribution in [0.1, 0.15) is 30.0 Å². The lowest BCUT2D eigenvalue weighted by molar-refractivity contribution is -0.130. The summed E-state index contributed by atoms with van der Waals surface area (Å²) >= 11 is 2.68. The van der Waals surface area contributed by atoms with Crippen molar-refractivity contribution in [3.63, 3.8) is 0 Å². The van der Waals surface area contributed by atoms with Gasteiger partial charge in [-0.25, -0.2) is 13.4 Å². The van der Waals surface area contributed by atoms with E-state index in [1.165, 1.54) is 23.1 Å². The monoisotopic (exact) mass is 428 g/mol. The van der Waals surface area contributed by atoms with E-state index in [0.29, 0.717) is 17.5 Å². The van der Waals surface area contributed by atoms with Crippen molar-refractivity contribution < 1.29 is 17.6 Å². The van der Waals surface area contributed by atoms with Crippen LogP contribution in [0.25, 0.3) is 10.8 Å². The van der Waals surface area contributed by atoms with E-state index in [1.807, 2.05) is 13.8 Å². The first kappa shape index (κ1) is 18.9. The second-order valence-corrected chi connectivity index (χ2v) is 11.3. The fraction of sp³-hybridized carbons (Fsp3) is 0.625. The van der Waals surface area contributed by atoms with Crippen LogP contribution in [-0.2, 0) is 14.6 Å². The minimum atomic E-state index is -3.02. The zero-order valence-electron chi connectivity index (χ0n) is 15.0. The average Bonchev–Trinajstić information content (AvgIpc) is 3.04. The number of sulfone groups is 1. The molecule has 8 nitrogen and oxygen atoms in total. The quantitative estimate of drug-likeness (QED) is 0.644. The molecule has 0 N–H and O–H groups in total. The summed E-state index contributed by atoms with van der Waals surface area (Å²) in [5.41, 5.74) is 0.844. The summed E-state index contributed by atoms with van der Waals surface area (Å²) in [7, 11) is -3.02. The first-order chi connectivity index (χ1) is 12.8. The van der Waals surface area contributed by atoms with Crippen molar-refractivity contribution in [2.75, 3.05) is 17.3 Å². The van der Waals surface area contributed by atoms with Gasteiger partial charge in [0.1, 0.15) is 4.88 Å². The van der Waals surface area contributed by atoms with Crippen molar-refractivity contribution in [1.82, 2.24) is 20.1 Å². The lowest BCUT2D eigenvalue weighted by Gasteiger charge is -2.28. The molecule has 1 amide bonds. The number of aryl methyl sites for hydroxylation is 2. The number of carbonyl (C=O) groups is 1. The number of hydrogen-bond donors (Lipinski definition) is 0. The number of thioether (sulfide) groups is 1. The molecule has 11 heteroatoms. The third kappa shape index (κ3) is 4.19. The van der Waals surface area contributed by atoms with Crippen molar-refractivity contribution in [1.29, 1.82) is 0 Å². The summed E-state index contributed by atoms with van der Waals surface area (Å²) in [6, 6.07) is -0.0193. The molecule has 1 saturated heterocycles. The summed E-state index contributed by atoms with van der Waals surface area (Å²) in [5.74, 6) is 0.759. The number of rotatable bonds is 6. The van der Waals surface area contributed by atoms with Gasteiger partial charge in [-0.2, -0.15) is 0 Å². The van der Waals surface area contributed by atoms with Gasteiger partial charge in [-0.3, -0.25) is 4.79 Å². The van der Waals surface area contributed by atoms with Gasteiger partial charge in [-0.15, -0.1) is 21.5 Å². The lowest BCUT2D eigenvalue weighted by Crippen LogP contribution is -2.43. The Balaban J connectivity index is 1.41. The van der Waals surface area contributed by atoms with Crippen molar-refractivity contribution >= 4 is 38.8 Å². The van der Waals surface area contributed by atoms with Gasteiger partial charge in [-0.05, 0) is 33.1 Å². The summed E-state index contributed by atoms with van der Waals surface area (Å²) in [6.45, 7) is 3.81. The summed E-state index contributed by atoms with van der Waals surface area (Å²) in [4.78, 5) is 19.7. The van der Waals surface area contributed by atoms with Gasteiger partial charge in [0.25, 0.3) is 11.1 Å². The highest BCUT2D eigenvalue weighted by molar-refractivity contribution is 7.99. The zero-order valence-corrected chi connectivity index (χ0v) is 17.5. The van der Waals surface area contributed by atoms with Crippen LogP contribution in [0.3, 0.4) is 0 Å². The van der Waals surface area contributed by atoms with Gasteiger partial charge >= 0.3 is 0 Å². The second kappa shape index (κ2) is 7.17. The van der Waals surface area contributed by atoms with E-state index < -0.39 is 9.84 Å². The number of hydrogen-bond acceptors (Lipinski definition) is 9. The van der Waals surface area contributed by atoms with Gasteiger partial charge < -0.3 is 9.32 Å². The normalized spacial score (nSPS) is 21.5. The first-order valence-electron chi connectivity index (χ1n) is 8.75. The second-order valence-electron chi connectivity index (χ2n) is 6.90. The minimum absolute atomic E-state index is 0.0610. The van der Waals surface area contributed by atoms with Crippen molar-refractivity contribution in [2.24, 2.45) is 0 Å². The Morgan fingerprint density at radius 1 is 1.26 bits per heavy atom. The van der Waals surface area contributed by atoms with Crippen molar-refractivity contribution in [2.45, 2.75) is 50.4 Å². The fourth-order valence-electron chi connectivity index (χ4n) is 3.34. The van der Waals surface area contributed by atoms with E-state index in [-0.39, 0.29) is 35.2 Å². The van der Waals surface area contributed by atoms with Gasteiger partial charge in [0.2, 0.25) is 5.91 Å². The standard InChI is InChI=1S/C16H20N4O4S3/c1-9-14(26-10(2)17-9)15-18-19-16(24-15)25-7-13(21)20(11-3-4-11)12-5-6-27(22,23)8-12/h11-12H,3-8H2,1-2H3. The van der Waals surface area contributed by atoms with E-state index in [0.717, 1.165) is 28.4 Å². The third-order valence-electron chi connectivity index (χ3n) is 4.65. The number of amides is 1. The molecule has 2 aliphatic rings. The van der Waals surface area contributed by atoms with Crippen LogP contribution in [-0.4, -0.2) is 63.7 Å². The maximum absolute atomic E-state index is 12.7. The summed E-state index contributed by atoms with van der Waals surface area (Å²) < 4.78 is 29.2. The Labute approximate surface area is 165 Å². The Morgan fingerprint density at radius 3 is 2.63 bits per heavy atom. The van der Waals surface area contributed by atoms with E-state index in [4.69, 9.17) is 4.42 Å². The van der Waals surface area contributed by atoms with Gasteiger partial charge in [0.05, 0.1) is 28.0 Å². The highest BCUT2D eigenvalue weighted by Gasteiger charge is 2.42. The molecule has 1 atom stereocenters. The Bertz CT molecular complexity index is 964. The zero-order chi connectivity index (χ0) is 19.2. The SMILES string of the molecule is Cc1nc(C)c(-c2nnc(SCC(=O)N(C3CC3)C3CCS(=O)(=O)C3)o2)s1. The van der Waals surface area contributed by atoms with Crippen LogP contribution >= 0.6 is 23.1 Å². The minimum Gasteiger partial charge on any atom is -0.410 e. The molecule has 2 fully saturated rings. The summed E-state index contributed by atoms with van der Waals surface area (Å²) in [6.07, 6.45) is 2.42. The molecule has 3 heterocycles. The smallest absolute Gasteiger partial charge is 0.277 e. The van der Waals surface area contributed by atoms with Crippen LogP contribution in [0, 0.1) is 13.8 Å². The van der Waals surface area contributed by atoms with E-state index in [2.05, 4.69) is 15.2 Å². The maximum Gasteiger partial charge on any atom is 0.277 e. The molecule has 1 aliphatic heterocycles. The fourth-order valence-corrected chi connectivity index (χ4v) is 6.53. The van der Waals surface area contributed by atoms with E-state index in [1.54, 1.807) is 4.90 Å². The van der Waals surface area contributed by atoms with Gasteiger partial charge in [0, 0.05) is 12.1 Å². The first-order valence-corrected chi connectivity index (χ1v) is 12.4. The molecule has 4 rings (SSSR count). The van der Waals surface area contributed by atoms with Crippen LogP contribution in [0.5, 0.6) is 0 Å². The van der Waals surface area contributed by atoms with Crippen LogP contribution < -0.4 is 0 Å². The molecule has 0 radical (unpaired) electrons. The topological polar surface area (TPSA) is 106 Å². The number of thiazole rings is 1. The molecule has 1 unspecified atom stereocenters. The van der Waals surface area contributed by atoms with Gasteiger partial charge in [0.15, 0.2) is 9.84 Å². The Hall–Kier alpha value is -1.46. The molecular formula is C16H20N4O4S3. The molecule has 1 saturated carbocycles. The van der Waals surface area contributed by atoms with E-state index in [9.17, 15) is 13.2 Å². The molecule has 27 heavy (non-hydrogen) atoms. The van der Waals surface area contributed by atoms with Crippen molar-refractivity contribution in [3.05, 3.63) is 10.7 Å². The Morgan fingerprint density at radius 2 is 2.04 bits per heavy atom. The highest BCUT2D eigenvalue weighted by Crippen LogP contribution is 2.34. The van der Waals surface area contributed by atoms with E-state index >= 15 is 0 Å². The predicted molar refractivity (Wildman–Crippen MR) is 103 cm³/mol. The largest absolute Gasteiger partial charge is 0.410 e. The van der Waals surface area contributed by atoms with Gasteiger partial charge in [-0.1, -0.05) is 11.8 Å². The Kier molecular flexibility index (Phi) is 5.02. The molecule has 1 aliphatic carbocycles. The average molecular weight is 429 g/mol. The number of nitrogens with zero attached hydrogens (tertiary/aromatic N) is 4. The van der Waals surface area contributed by atoms with Crippen LogP contribution in [0.4, 0.5) is 0 Å². The molecular weight excluding hydrogens is 408 g/mol. The number of aromatic nitrogens is 3.